The Kier molecular flexibility index (Phi) is 3.56. The zero-order chi connectivity index (χ0) is 9.07. The Morgan fingerprint density at radius 1 is 1.55 bits per heavy atom. The van der Waals surface area contributed by atoms with Gasteiger partial charge in [-0.3, -0.25) is 4.79 Å². The number of hydrogen-bond acceptors (Lipinski definition) is 1. The highest BCUT2D eigenvalue weighted by atomic mass is 16.2. The smallest absolute Gasteiger partial charge is 0.225 e. The second kappa shape index (κ2) is 3.74. The van der Waals surface area contributed by atoms with Crippen LogP contribution >= 0.6 is 0 Å². The highest BCUT2D eigenvalue weighted by Gasteiger charge is 2.30. The van der Waals surface area contributed by atoms with Crippen molar-refractivity contribution in [2.45, 2.75) is 34.6 Å². The van der Waals surface area contributed by atoms with Crippen molar-refractivity contribution in [3.8, 4) is 0 Å². The van der Waals surface area contributed by atoms with E-state index in [1.54, 1.807) is 0 Å². The largest absolute Gasteiger partial charge is 0.356 e. The second-order valence-corrected chi connectivity index (χ2v) is 3.74. The molecule has 11 heavy (non-hydrogen) atoms. The summed E-state index contributed by atoms with van der Waals surface area (Å²) in [5, 5.41) is 2.83. The average molecular weight is 159 g/mol. The number of hydrogen-bond donors (Lipinski definition) is 1. The molecule has 68 valence electrons. The van der Waals surface area contributed by atoms with Gasteiger partial charge in [-0.2, -0.15) is 0 Å². The SMILES string of the molecule is CCNC(=O)C(C)(C)C(C)C.[HH]. The summed E-state index contributed by atoms with van der Waals surface area (Å²) in [6.45, 7) is 10.7. The molecule has 0 radical (unpaired) electrons. The third kappa shape index (κ3) is 2.52. The molecule has 1 amide bonds. The quantitative estimate of drug-likeness (QED) is 0.671. The Morgan fingerprint density at radius 3 is 2.27 bits per heavy atom. The first-order chi connectivity index (χ1) is 4.92. The summed E-state index contributed by atoms with van der Waals surface area (Å²) in [6.07, 6.45) is 0. The molecule has 0 aromatic heterocycles. The molecule has 0 aromatic rings. The van der Waals surface area contributed by atoms with Crippen molar-refractivity contribution in [3.63, 3.8) is 0 Å². The molecule has 0 spiro atoms. The Morgan fingerprint density at radius 2 is 2.00 bits per heavy atom. The standard InChI is InChI=1S/C9H19NO.H2/c1-6-10-8(11)9(4,5)7(2)3;/h7H,6H2,1-5H3,(H,10,11);1H. The van der Waals surface area contributed by atoms with Gasteiger partial charge in [-0.25, -0.2) is 0 Å². The van der Waals surface area contributed by atoms with Gasteiger partial charge in [-0.15, -0.1) is 0 Å². The monoisotopic (exact) mass is 159 g/mol. The van der Waals surface area contributed by atoms with Crippen molar-refractivity contribution in [1.82, 2.24) is 5.32 Å². The maximum absolute atomic E-state index is 11.4. The van der Waals surface area contributed by atoms with Gasteiger partial charge >= 0.3 is 0 Å². The highest BCUT2D eigenvalue weighted by molar-refractivity contribution is 5.81. The molecule has 0 unspecified atom stereocenters. The lowest BCUT2D eigenvalue weighted by atomic mass is 9.80. The third-order valence-electron chi connectivity index (χ3n) is 2.37. The fourth-order valence-corrected chi connectivity index (χ4v) is 0.651. The minimum Gasteiger partial charge on any atom is -0.356 e. The van der Waals surface area contributed by atoms with E-state index in [1.807, 2.05) is 20.8 Å². The molecule has 0 bridgehead atoms. The number of nitrogens with one attached hydrogen (secondary N) is 1. The summed E-state index contributed by atoms with van der Waals surface area (Å²) in [7, 11) is 0. The van der Waals surface area contributed by atoms with Crippen molar-refractivity contribution >= 4 is 5.91 Å². The van der Waals surface area contributed by atoms with E-state index in [-0.39, 0.29) is 12.7 Å². The van der Waals surface area contributed by atoms with Crippen LogP contribution in [0.2, 0.25) is 0 Å². The zero-order valence-electron chi connectivity index (χ0n) is 8.19. The van der Waals surface area contributed by atoms with Gasteiger partial charge in [0.15, 0.2) is 0 Å². The molecule has 0 fully saturated rings. The summed E-state index contributed by atoms with van der Waals surface area (Å²) in [4.78, 5) is 11.4. The highest BCUT2D eigenvalue weighted by Crippen LogP contribution is 2.25. The first kappa shape index (κ1) is 10.5. The van der Waals surface area contributed by atoms with E-state index in [9.17, 15) is 4.79 Å². The molecule has 0 atom stereocenters. The van der Waals surface area contributed by atoms with Crippen LogP contribution in [0.15, 0.2) is 0 Å². The van der Waals surface area contributed by atoms with Crippen LogP contribution < -0.4 is 5.32 Å². The van der Waals surface area contributed by atoms with Crippen molar-refractivity contribution in [2.24, 2.45) is 11.3 Å². The minimum atomic E-state index is -0.240. The van der Waals surface area contributed by atoms with Gasteiger partial charge in [-0.05, 0) is 12.8 Å². The van der Waals surface area contributed by atoms with Crippen LogP contribution in [0, 0.1) is 11.3 Å². The molecular formula is C9H21NO. The molecule has 0 aromatic carbocycles. The number of carbonyl (C=O) groups excluding carboxylic acids is 1. The normalized spacial score (nSPS) is 11.8. The van der Waals surface area contributed by atoms with Crippen molar-refractivity contribution in [3.05, 3.63) is 0 Å². The molecule has 0 aliphatic carbocycles. The summed E-state index contributed by atoms with van der Waals surface area (Å²) in [5.74, 6) is 0.532. The molecular weight excluding hydrogens is 138 g/mol. The van der Waals surface area contributed by atoms with Gasteiger partial charge < -0.3 is 5.32 Å². The summed E-state index contributed by atoms with van der Waals surface area (Å²) >= 11 is 0. The van der Waals surface area contributed by atoms with Gasteiger partial charge in [0.1, 0.15) is 0 Å². The first-order valence-corrected chi connectivity index (χ1v) is 4.21. The van der Waals surface area contributed by atoms with Gasteiger partial charge in [0.25, 0.3) is 0 Å². The summed E-state index contributed by atoms with van der Waals surface area (Å²) < 4.78 is 0. The maximum atomic E-state index is 11.4. The zero-order valence-corrected chi connectivity index (χ0v) is 8.19. The van der Waals surface area contributed by atoms with Gasteiger partial charge in [-0.1, -0.05) is 27.7 Å². The van der Waals surface area contributed by atoms with Crippen molar-refractivity contribution in [2.75, 3.05) is 6.54 Å². The molecule has 0 aliphatic rings. The van der Waals surface area contributed by atoms with E-state index in [2.05, 4.69) is 19.2 Å². The van der Waals surface area contributed by atoms with Gasteiger partial charge in [0, 0.05) is 13.4 Å². The van der Waals surface area contributed by atoms with E-state index in [0.717, 1.165) is 6.54 Å². The molecule has 0 saturated heterocycles. The summed E-state index contributed by atoms with van der Waals surface area (Å²) in [6, 6.07) is 0. The number of rotatable bonds is 3. The van der Waals surface area contributed by atoms with E-state index < -0.39 is 0 Å². The van der Waals surface area contributed by atoms with E-state index in [1.165, 1.54) is 0 Å². The average Bonchev–Trinajstić information content (AvgIpc) is 1.88. The molecule has 2 nitrogen and oxygen atoms in total. The topological polar surface area (TPSA) is 29.1 Å². The fourth-order valence-electron chi connectivity index (χ4n) is 0.651. The van der Waals surface area contributed by atoms with Crippen LogP contribution in [-0.2, 0) is 4.79 Å². The molecule has 0 saturated carbocycles. The molecule has 0 heterocycles. The number of carbonyl (C=O) groups is 1. The first-order valence-electron chi connectivity index (χ1n) is 4.21. The fraction of sp³-hybridized carbons (Fsp3) is 0.889. The molecule has 0 rings (SSSR count). The van der Waals surface area contributed by atoms with Crippen LogP contribution in [0.5, 0.6) is 0 Å². The lowest BCUT2D eigenvalue weighted by molar-refractivity contribution is -0.131. The van der Waals surface area contributed by atoms with Crippen LogP contribution in [0.25, 0.3) is 0 Å². The van der Waals surface area contributed by atoms with Crippen LogP contribution in [0.1, 0.15) is 36.0 Å². The number of amides is 1. The Bertz CT molecular complexity index is 143. The van der Waals surface area contributed by atoms with Crippen LogP contribution in [0.4, 0.5) is 0 Å². The van der Waals surface area contributed by atoms with Crippen LogP contribution in [0.3, 0.4) is 0 Å². The molecule has 2 heteroatoms. The molecule has 1 N–H and O–H groups in total. The second-order valence-electron chi connectivity index (χ2n) is 3.74. The third-order valence-corrected chi connectivity index (χ3v) is 2.37. The van der Waals surface area contributed by atoms with Gasteiger partial charge in [0.2, 0.25) is 5.91 Å². The Balaban J connectivity index is 0. The van der Waals surface area contributed by atoms with Crippen molar-refractivity contribution < 1.29 is 6.22 Å². The summed E-state index contributed by atoms with van der Waals surface area (Å²) in [5.41, 5.74) is -0.240. The molecule has 0 aliphatic heterocycles. The van der Waals surface area contributed by atoms with Crippen molar-refractivity contribution in [1.29, 1.82) is 0 Å². The predicted octanol–water partition coefficient (Wildman–Crippen LogP) is 2.05. The maximum Gasteiger partial charge on any atom is 0.225 e. The minimum absolute atomic E-state index is 0. The van der Waals surface area contributed by atoms with E-state index in [0.29, 0.717) is 5.92 Å². The van der Waals surface area contributed by atoms with E-state index >= 15 is 0 Å². The van der Waals surface area contributed by atoms with E-state index in [4.69, 9.17) is 0 Å². The lowest BCUT2D eigenvalue weighted by Gasteiger charge is -2.27. The van der Waals surface area contributed by atoms with Crippen LogP contribution in [-0.4, -0.2) is 12.5 Å². The lowest BCUT2D eigenvalue weighted by Crippen LogP contribution is -2.40. The Labute approximate surface area is 70.9 Å². The predicted molar refractivity (Wildman–Crippen MR) is 49.4 cm³/mol. The van der Waals surface area contributed by atoms with Gasteiger partial charge in [0.05, 0.1) is 0 Å². The Hall–Kier alpha value is -0.530.